The summed E-state index contributed by atoms with van der Waals surface area (Å²) >= 11 is 0. The van der Waals surface area contributed by atoms with E-state index >= 15 is 0 Å². The fourth-order valence-electron chi connectivity index (χ4n) is 2.31. The van der Waals surface area contributed by atoms with Gasteiger partial charge in [-0.25, -0.2) is 9.18 Å². The smallest absolute Gasteiger partial charge is 0.318 e. The second-order valence-electron chi connectivity index (χ2n) is 5.29. The van der Waals surface area contributed by atoms with E-state index in [0.29, 0.717) is 17.9 Å². The largest absolute Gasteiger partial charge is 0.497 e. The zero-order valence-corrected chi connectivity index (χ0v) is 13.5. The summed E-state index contributed by atoms with van der Waals surface area (Å²) in [5.41, 5.74) is 1.57. The van der Waals surface area contributed by atoms with Crippen molar-refractivity contribution < 1.29 is 19.0 Å². The first kappa shape index (κ1) is 17.7. The molecule has 0 aliphatic carbocycles. The van der Waals surface area contributed by atoms with Gasteiger partial charge < -0.3 is 20.1 Å². The SMILES string of the molecule is COc1cc(F)cc(CNC(=O)N(CCO)Cc2ccccc2)c1. The molecule has 5 nitrogen and oxygen atoms in total. The van der Waals surface area contributed by atoms with E-state index in [1.165, 1.54) is 24.1 Å². The highest BCUT2D eigenvalue weighted by atomic mass is 19.1. The van der Waals surface area contributed by atoms with Crippen LogP contribution in [0.1, 0.15) is 11.1 Å². The Balaban J connectivity index is 1.99. The van der Waals surface area contributed by atoms with Gasteiger partial charge in [0, 0.05) is 25.7 Å². The number of aliphatic hydroxyl groups excluding tert-OH is 1. The minimum Gasteiger partial charge on any atom is -0.497 e. The number of halogens is 1. The summed E-state index contributed by atoms with van der Waals surface area (Å²) in [7, 11) is 1.46. The lowest BCUT2D eigenvalue weighted by Crippen LogP contribution is -2.40. The number of hydrogen-bond donors (Lipinski definition) is 2. The maximum Gasteiger partial charge on any atom is 0.318 e. The number of rotatable bonds is 7. The van der Waals surface area contributed by atoms with E-state index < -0.39 is 5.82 Å². The molecule has 2 amide bonds. The zero-order valence-electron chi connectivity index (χ0n) is 13.5. The number of nitrogens with zero attached hydrogens (tertiary/aromatic N) is 1. The number of benzene rings is 2. The van der Waals surface area contributed by atoms with Crippen LogP contribution in [0.4, 0.5) is 9.18 Å². The molecule has 0 spiro atoms. The molecule has 0 heterocycles. The Bertz CT molecular complexity index is 665. The van der Waals surface area contributed by atoms with Crippen LogP contribution in [0.3, 0.4) is 0 Å². The molecule has 0 aliphatic heterocycles. The molecule has 0 radical (unpaired) electrons. The van der Waals surface area contributed by atoms with E-state index in [4.69, 9.17) is 9.84 Å². The molecule has 0 saturated carbocycles. The van der Waals surface area contributed by atoms with Gasteiger partial charge in [0.15, 0.2) is 0 Å². The standard InChI is InChI=1S/C18H21FN2O3/c1-24-17-10-15(9-16(19)11-17)12-20-18(23)21(7-8-22)13-14-5-3-2-4-6-14/h2-6,9-11,22H,7-8,12-13H2,1H3,(H,20,23). The van der Waals surface area contributed by atoms with Crippen LogP contribution in [0.5, 0.6) is 5.75 Å². The third-order valence-corrected chi connectivity index (χ3v) is 3.48. The molecule has 2 rings (SSSR count). The van der Waals surface area contributed by atoms with Gasteiger partial charge in [-0.3, -0.25) is 0 Å². The van der Waals surface area contributed by atoms with Crippen molar-refractivity contribution in [2.45, 2.75) is 13.1 Å². The van der Waals surface area contributed by atoms with Crippen molar-refractivity contribution in [3.8, 4) is 5.75 Å². The molecule has 6 heteroatoms. The predicted octanol–water partition coefficient (Wildman–Crippen LogP) is 2.54. The van der Waals surface area contributed by atoms with Crippen LogP contribution in [0.2, 0.25) is 0 Å². The lowest BCUT2D eigenvalue weighted by atomic mass is 10.2. The minimum atomic E-state index is -0.421. The second-order valence-corrected chi connectivity index (χ2v) is 5.29. The Labute approximate surface area is 140 Å². The quantitative estimate of drug-likeness (QED) is 0.819. The van der Waals surface area contributed by atoms with E-state index in [1.54, 1.807) is 6.07 Å². The molecule has 0 bridgehead atoms. The van der Waals surface area contributed by atoms with Crippen LogP contribution in [0.25, 0.3) is 0 Å². The Hall–Kier alpha value is -2.60. The highest BCUT2D eigenvalue weighted by Gasteiger charge is 2.13. The van der Waals surface area contributed by atoms with Crippen molar-refractivity contribution in [3.05, 3.63) is 65.5 Å². The summed E-state index contributed by atoms with van der Waals surface area (Å²) in [5.74, 6) is -0.0224. The fraction of sp³-hybridized carbons (Fsp3) is 0.278. The predicted molar refractivity (Wildman–Crippen MR) is 89.1 cm³/mol. The number of hydrogen-bond acceptors (Lipinski definition) is 3. The van der Waals surface area contributed by atoms with Gasteiger partial charge in [0.25, 0.3) is 0 Å². The van der Waals surface area contributed by atoms with Crippen LogP contribution in [0.15, 0.2) is 48.5 Å². The number of aliphatic hydroxyl groups is 1. The Morgan fingerprint density at radius 3 is 2.62 bits per heavy atom. The number of urea groups is 1. The summed E-state index contributed by atoms with van der Waals surface area (Å²) in [6.45, 7) is 0.643. The van der Waals surface area contributed by atoms with Crippen molar-refractivity contribution in [2.75, 3.05) is 20.3 Å². The van der Waals surface area contributed by atoms with E-state index in [2.05, 4.69) is 5.32 Å². The highest BCUT2D eigenvalue weighted by molar-refractivity contribution is 5.74. The van der Waals surface area contributed by atoms with Gasteiger partial charge in [-0.05, 0) is 23.3 Å². The topological polar surface area (TPSA) is 61.8 Å². The van der Waals surface area contributed by atoms with Crippen LogP contribution < -0.4 is 10.1 Å². The molecule has 0 atom stereocenters. The van der Waals surface area contributed by atoms with E-state index in [1.807, 2.05) is 30.3 Å². The Morgan fingerprint density at radius 1 is 1.21 bits per heavy atom. The molecule has 2 aromatic carbocycles. The van der Waals surface area contributed by atoms with Crippen molar-refractivity contribution in [3.63, 3.8) is 0 Å². The molecule has 24 heavy (non-hydrogen) atoms. The van der Waals surface area contributed by atoms with Crippen LogP contribution in [-0.2, 0) is 13.1 Å². The first-order valence-corrected chi connectivity index (χ1v) is 7.63. The van der Waals surface area contributed by atoms with Gasteiger partial charge >= 0.3 is 6.03 Å². The Kier molecular flexibility index (Phi) is 6.57. The number of carbonyl (C=O) groups is 1. The average molecular weight is 332 g/mol. The molecule has 0 aliphatic rings. The molecule has 2 N–H and O–H groups in total. The third kappa shape index (κ3) is 5.24. The summed E-state index contributed by atoms with van der Waals surface area (Å²) in [5, 5.41) is 11.9. The number of amides is 2. The number of ether oxygens (including phenoxy) is 1. The lowest BCUT2D eigenvalue weighted by molar-refractivity contribution is 0.173. The van der Waals surface area contributed by atoms with E-state index in [0.717, 1.165) is 5.56 Å². The van der Waals surface area contributed by atoms with Crippen LogP contribution >= 0.6 is 0 Å². The van der Waals surface area contributed by atoms with Crippen molar-refractivity contribution in [2.24, 2.45) is 0 Å². The monoisotopic (exact) mass is 332 g/mol. The molecule has 0 fully saturated rings. The average Bonchev–Trinajstić information content (AvgIpc) is 2.59. The maximum atomic E-state index is 13.5. The highest BCUT2D eigenvalue weighted by Crippen LogP contribution is 2.16. The van der Waals surface area contributed by atoms with Gasteiger partial charge in [0.2, 0.25) is 0 Å². The molecule has 128 valence electrons. The minimum absolute atomic E-state index is 0.131. The van der Waals surface area contributed by atoms with Crippen molar-refractivity contribution in [1.29, 1.82) is 0 Å². The summed E-state index contributed by atoms with van der Waals surface area (Å²) in [6.07, 6.45) is 0. The van der Waals surface area contributed by atoms with Gasteiger partial charge in [0.05, 0.1) is 13.7 Å². The van der Waals surface area contributed by atoms with E-state index in [9.17, 15) is 9.18 Å². The van der Waals surface area contributed by atoms with Gasteiger partial charge in [-0.2, -0.15) is 0 Å². The lowest BCUT2D eigenvalue weighted by Gasteiger charge is -2.22. The molecule has 0 aromatic heterocycles. The normalized spacial score (nSPS) is 10.3. The number of nitrogens with one attached hydrogen (secondary N) is 1. The summed E-state index contributed by atoms with van der Waals surface area (Å²) < 4.78 is 18.5. The van der Waals surface area contributed by atoms with Gasteiger partial charge in [-0.15, -0.1) is 0 Å². The Morgan fingerprint density at radius 2 is 1.96 bits per heavy atom. The summed E-state index contributed by atoms with van der Waals surface area (Å²) in [6, 6.07) is 13.5. The van der Waals surface area contributed by atoms with E-state index in [-0.39, 0.29) is 25.7 Å². The van der Waals surface area contributed by atoms with Crippen molar-refractivity contribution in [1.82, 2.24) is 10.2 Å². The molecular weight excluding hydrogens is 311 g/mol. The van der Waals surface area contributed by atoms with Crippen molar-refractivity contribution >= 4 is 6.03 Å². The van der Waals surface area contributed by atoms with Crippen LogP contribution in [0, 0.1) is 5.82 Å². The number of methoxy groups -OCH3 is 1. The molecule has 0 saturated heterocycles. The first-order valence-electron chi connectivity index (χ1n) is 7.63. The summed E-state index contributed by atoms with van der Waals surface area (Å²) in [4.78, 5) is 13.8. The van der Waals surface area contributed by atoms with Gasteiger partial charge in [0.1, 0.15) is 11.6 Å². The number of carbonyl (C=O) groups excluding carboxylic acids is 1. The third-order valence-electron chi connectivity index (χ3n) is 3.48. The second kappa shape index (κ2) is 8.88. The van der Waals surface area contributed by atoms with Gasteiger partial charge in [-0.1, -0.05) is 30.3 Å². The maximum absolute atomic E-state index is 13.5. The molecule has 2 aromatic rings. The molecule has 0 unspecified atom stereocenters. The zero-order chi connectivity index (χ0) is 17.4. The van der Waals surface area contributed by atoms with Crippen LogP contribution in [-0.4, -0.2) is 36.3 Å². The first-order chi connectivity index (χ1) is 11.6. The molecular formula is C18H21FN2O3. The fourth-order valence-corrected chi connectivity index (χ4v) is 2.31.